The predicted octanol–water partition coefficient (Wildman–Crippen LogP) is 2.99. The van der Waals surface area contributed by atoms with Crippen LogP contribution in [-0.2, 0) is 17.5 Å². The molecule has 2 aromatic carbocycles. The van der Waals surface area contributed by atoms with E-state index in [1.54, 1.807) is 30.3 Å². The van der Waals surface area contributed by atoms with Crippen LogP contribution in [0.5, 0.6) is 0 Å². The van der Waals surface area contributed by atoms with Crippen LogP contribution < -0.4 is 10.6 Å². The van der Waals surface area contributed by atoms with Gasteiger partial charge in [0.15, 0.2) is 0 Å². The number of para-hydroxylation sites is 1. The fourth-order valence-corrected chi connectivity index (χ4v) is 3.25. The van der Waals surface area contributed by atoms with Crippen molar-refractivity contribution in [1.82, 2.24) is 10.2 Å². The summed E-state index contributed by atoms with van der Waals surface area (Å²) in [6.45, 7) is -0.384. The number of nitrogens with zero attached hydrogens (tertiary/aromatic N) is 1. The van der Waals surface area contributed by atoms with Crippen LogP contribution in [0.3, 0.4) is 0 Å². The highest BCUT2D eigenvalue weighted by Gasteiger charge is 2.39. The molecule has 0 radical (unpaired) electrons. The molecule has 3 rings (SSSR count). The zero-order valence-corrected chi connectivity index (χ0v) is 15.3. The van der Waals surface area contributed by atoms with Crippen molar-refractivity contribution >= 4 is 17.6 Å². The SMILES string of the molecule is O=C(NCc1ccccc1C(F)(F)F)[C@H]1C[C@@H](O)CN1C(=O)Nc1ccccc1. The highest BCUT2D eigenvalue weighted by molar-refractivity contribution is 5.94. The van der Waals surface area contributed by atoms with Gasteiger partial charge in [-0.15, -0.1) is 0 Å². The Morgan fingerprint density at radius 2 is 1.72 bits per heavy atom. The van der Waals surface area contributed by atoms with Crippen LogP contribution in [0.2, 0.25) is 0 Å². The quantitative estimate of drug-likeness (QED) is 0.729. The van der Waals surface area contributed by atoms with Crippen LogP contribution in [0.25, 0.3) is 0 Å². The van der Waals surface area contributed by atoms with Gasteiger partial charge < -0.3 is 20.6 Å². The van der Waals surface area contributed by atoms with Crippen molar-refractivity contribution in [2.45, 2.75) is 31.3 Å². The van der Waals surface area contributed by atoms with Crippen LogP contribution in [0.4, 0.5) is 23.7 Å². The summed E-state index contributed by atoms with van der Waals surface area (Å²) in [7, 11) is 0. The molecule has 0 aliphatic carbocycles. The number of β-amino-alcohol motifs (C(OH)–C–C–N with tert-alkyl or cyclic N) is 1. The molecule has 0 saturated carbocycles. The predicted molar refractivity (Wildman–Crippen MR) is 99.9 cm³/mol. The van der Waals surface area contributed by atoms with Gasteiger partial charge in [0.1, 0.15) is 6.04 Å². The van der Waals surface area contributed by atoms with Gasteiger partial charge in [-0.25, -0.2) is 4.79 Å². The van der Waals surface area contributed by atoms with E-state index in [0.717, 1.165) is 6.07 Å². The molecule has 1 aliphatic heterocycles. The fraction of sp³-hybridized carbons (Fsp3) is 0.300. The minimum Gasteiger partial charge on any atom is -0.391 e. The second kappa shape index (κ2) is 8.52. The normalized spacial score (nSPS) is 19.1. The number of halogens is 3. The largest absolute Gasteiger partial charge is 0.416 e. The average Bonchev–Trinajstić information content (AvgIpc) is 3.08. The second-order valence-corrected chi connectivity index (χ2v) is 6.73. The van der Waals surface area contributed by atoms with E-state index >= 15 is 0 Å². The summed E-state index contributed by atoms with van der Waals surface area (Å²) in [4.78, 5) is 26.3. The maximum atomic E-state index is 13.1. The van der Waals surface area contributed by atoms with E-state index in [-0.39, 0.29) is 25.1 Å². The van der Waals surface area contributed by atoms with Crippen molar-refractivity contribution in [3.05, 3.63) is 65.7 Å². The molecule has 1 saturated heterocycles. The molecule has 1 aliphatic rings. The van der Waals surface area contributed by atoms with Crippen LogP contribution >= 0.6 is 0 Å². The van der Waals surface area contributed by atoms with Crippen LogP contribution in [-0.4, -0.2) is 40.6 Å². The first kappa shape index (κ1) is 20.7. The third-order valence-electron chi connectivity index (χ3n) is 4.64. The highest BCUT2D eigenvalue weighted by Crippen LogP contribution is 2.31. The standard InChI is InChI=1S/C20H20F3N3O3/c21-20(22,23)16-9-5-4-6-13(16)11-24-18(28)17-10-15(27)12-26(17)19(29)25-14-7-2-1-3-8-14/h1-9,15,17,27H,10-12H2,(H,24,28)(H,25,29)/t15-,17-/m1/s1. The lowest BCUT2D eigenvalue weighted by molar-refractivity contribution is -0.138. The fourth-order valence-electron chi connectivity index (χ4n) is 3.25. The first-order valence-corrected chi connectivity index (χ1v) is 8.99. The Balaban J connectivity index is 1.67. The number of likely N-dealkylation sites (tertiary alicyclic amines) is 1. The summed E-state index contributed by atoms with van der Waals surface area (Å²) in [5, 5.41) is 15.0. The van der Waals surface area contributed by atoms with Gasteiger partial charge in [0.2, 0.25) is 5.91 Å². The lowest BCUT2D eigenvalue weighted by Gasteiger charge is -2.24. The van der Waals surface area contributed by atoms with Gasteiger partial charge in [-0.2, -0.15) is 13.2 Å². The Morgan fingerprint density at radius 3 is 2.41 bits per heavy atom. The summed E-state index contributed by atoms with van der Waals surface area (Å²) in [5.41, 5.74) is -0.380. The number of rotatable bonds is 4. The van der Waals surface area contributed by atoms with Gasteiger partial charge in [-0.05, 0) is 23.8 Å². The molecule has 3 amide bonds. The minimum absolute atomic E-state index is 0.00889. The van der Waals surface area contributed by atoms with E-state index in [1.165, 1.54) is 23.1 Å². The number of carbonyl (C=O) groups is 2. The number of anilines is 1. The topological polar surface area (TPSA) is 81.7 Å². The zero-order valence-electron chi connectivity index (χ0n) is 15.3. The highest BCUT2D eigenvalue weighted by atomic mass is 19.4. The Morgan fingerprint density at radius 1 is 1.07 bits per heavy atom. The molecule has 2 aromatic rings. The number of nitrogens with one attached hydrogen (secondary N) is 2. The van der Waals surface area contributed by atoms with Gasteiger partial charge in [0.25, 0.3) is 0 Å². The van der Waals surface area contributed by atoms with E-state index in [9.17, 15) is 27.9 Å². The third kappa shape index (κ3) is 5.05. The number of carbonyl (C=O) groups excluding carboxylic acids is 2. The number of amides is 3. The van der Waals surface area contributed by atoms with Gasteiger partial charge >= 0.3 is 12.2 Å². The molecule has 154 valence electrons. The molecule has 29 heavy (non-hydrogen) atoms. The maximum Gasteiger partial charge on any atom is 0.416 e. The lowest BCUT2D eigenvalue weighted by Crippen LogP contribution is -2.47. The zero-order chi connectivity index (χ0) is 21.0. The third-order valence-corrected chi connectivity index (χ3v) is 4.64. The Labute approximate surface area is 165 Å². The van der Waals surface area contributed by atoms with Crippen molar-refractivity contribution in [3.8, 4) is 0 Å². The number of aliphatic hydroxyl groups excluding tert-OH is 1. The number of benzene rings is 2. The second-order valence-electron chi connectivity index (χ2n) is 6.73. The van der Waals surface area contributed by atoms with Gasteiger partial charge in [0, 0.05) is 25.2 Å². The number of urea groups is 1. The number of alkyl halides is 3. The van der Waals surface area contributed by atoms with Crippen molar-refractivity contribution in [3.63, 3.8) is 0 Å². The molecule has 9 heteroatoms. The van der Waals surface area contributed by atoms with E-state index in [0.29, 0.717) is 5.69 Å². The number of aliphatic hydroxyl groups is 1. The lowest BCUT2D eigenvalue weighted by atomic mass is 10.1. The Hall–Kier alpha value is -3.07. The number of hydrogen-bond donors (Lipinski definition) is 3. The average molecular weight is 407 g/mol. The van der Waals surface area contributed by atoms with E-state index < -0.39 is 35.8 Å². The molecule has 0 bridgehead atoms. The van der Waals surface area contributed by atoms with Crippen LogP contribution in [0.15, 0.2) is 54.6 Å². The molecular weight excluding hydrogens is 387 g/mol. The first-order valence-electron chi connectivity index (χ1n) is 8.99. The molecule has 0 unspecified atom stereocenters. The van der Waals surface area contributed by atoms with Gasteiger partial charge in [-0.1, -0.05) is 36.4 Å². The van der Waals surface area contributed by atoms with E-state index in [4.69, 9.17) is 0 Å². The first-order chi connectivity index (χ1) is 13.8. The molecule has 1 heterocycles. The number of hydrogen-bond acceptors (Lipinski definition) is 3. The Kier molecular flexibility index (Phi) is 6.07. The molecule has 3 N–H and O–H groups in total. The summed E-state index contributed by atoms with van der Waals surface area (Å²) < 4.78 is 39.3. The minimum atomic E-state index is -4.54. The van der Waals surface area contributed by atoms with Crippen molar-refractivity contribution in [1.29, 1.82) is 0 Å². The van der Waals surface area contributed by atoms with Gasteiger partial charge in [0.05, 0.1) is 11.7 Å². The molecule has 0 spiro atoms. The van der Waals surface area contributed by atoms with Crippen molar-refractivity contribution < 1.29 is 27.9 Å². The van der Waals surface area contributed by atoms with Crippen LogP contribution in [0, 0.1) is 0 Å². The molecule has 2 atom stereocenters. The summed E-state index contributed by atoms with van der Waals surface area (Å²) in [5.74, 6) is -0.623. The summed E-state index contributed by atoms with van der Waals surface area (Å²) in [6.07, 6.45) is -5.42. The maximum absolute atomic E-state index is 13.1. The molecular formula is C20H20F3N3O3. The smallest absolute Gasteiger partial charge is 0.391 e. The van der Waals surface area contributed by atoms with E-state index in [2.05, 4.69) is 10.6 Å². The monoisotopic (exact) mass is 407 g/mol. The summed E-state index contributed by atoms with van der Waals surface area (Å²) in [6, 6.07) is 12.0. The summed E-state index contributed by atoms with van der Waals surface area (Å²) >= 11 is 0. The van der Waals surface area contributed by atoms with Crippen LogP contribution in [0.1, 0.15) is 17.5 Å². The van der Waals surface area contributed by atoms with E-state index in [1.807, 2.05) is 0 Å². The Bertz CT molecular complexity index is 874. The van der Waals surface area contributed by atoms with Gasteiger partial charge in [-0.3, -0.25) is 4.79 Å². The molecule has 6 nitrogen and oxygen atoms in total. The van der Waals surface area contributed by atoms with Crippen molar-refractivity contribution in [2.24, 2.45) is 0 Å². The molecule has 1 fully saturated rings. The molecule has 0 aromatic heterocycles. The van der Waals surface area contributed by atoms with Crippen molar-refractivity contribution in [2.75, 3.05) is 11.9 Å².